The average molecular weight is 202 g/mol. The molecule has 15 heavy (non-hydrogen) atoms. The van der Waals surface area contributed by atoms with E-state index in [1.54, 1.807) is 12.3 Å². The Hall–Kier alpha value is -1.76. The molecule has 0 radical (unpaired) electrons. The number of nitrogens with two attached hydrogens (primary N) is 1. The molecule has 0 unspecified atom stereocenters. The van der Waals surface area contributed by atoms with E-state index in [0.29, 0.717) is 17.1 Å². The minimum Gasteiger partial charge on any atom is -0.395 e. The van der Waals surface area contributed by atoms with Crippen molar-refractivity contribution in [2.75, 3.05) is 17.6 Å². The van der Waals surface area contributed by atoms with Crippen LogP contribution in [-0.2, 0) is 0 Å². The van der Waals surface area contributed by atoms with Gasteiger partial charge in [-0.05, 0) is 24.8 Å². The molecular weight excluding hydrogens is 188 g/mol. The summed E-state index contributed by atoms with van der Waals surface area (Å²) in [6.45, 7) is 0.909. The Morgan fingerprint density at radius 1 is 1.60 bits per heavy atom. The minimum atomic E-state index is 0.458. The normalized spacial score (nSPS) is 15.4. The first kappa shape index (κ1) is 9.78. The molecular formula is C11H14N4. The first-order valence-electron chi connectivity index (χ1n) is 5.19. The van der Waals surface area contributed by atoms with Gasteiger partial charge in [0.05, 0.1) is 11.3 Å². The van der Waals surface area contributed by atoms with Crippen LogP contribution in [0.25, 0.3) is 0 Å². The largest absolute Gasteiger partial charge is 0.395 e. The second-order valence-electron chi connectivity index (χ2n) is 3.91. The van der Waals surface area contributed by atoms with Crippen LogP contribution >= 0.6 is 0 Å². The molecule has 1 aliphatic carbocycles. The van der Waals surface area contributed by atoms with Crippen molar-refractivity contribution in [3.63, 3.8) is 0 Å². The lowest BCUT2D eigenvalue weighted by atomic mass is 9.85. The van der Waals surface area contributed by atoms with Crippen LogP contribution in [0, 0.1) is 17.2 Å². The quantitative estimate of drug-likeness (QED) is 0.783. The van der Waals surface area contributed by atoms with Crippen molar-refractivity contribution in [1.82, 2.24) is 4.98 Å². The molecule has 1 aromatic rings. The Kier molecular flexibility index (Phi) is 2.72. The topological polar surface area (TPSA) is 74.7 Å². The summed E-state index contributed by atoms with van der Waals surface area (Å²) in [7, 11) is 0. The van der Waals surface area contributed by atoms with Crippen LogP contribution < -0.4 is 11.1 Å². The standard InChI is InChI=1S/C11H14N4/c12-6-9-4-5-14-11(10(9)13)15-7-8-2-1-3-8/h4-5,8H,1-3,7,13H2,(H,14,15). The zero-order chi connectivity index (χ0) is 10.7. The van der Waals surface area contributed by atoms with Gasteiger partial charge in [0, 0.05) is 12.7 Å². The molecule has 78 valence electrons. The van der Waals surface area contributed by atoms with E-state index >= 15 is 0 Å². The number of pyridine rings is 1. The summed E-state index contributed by atoms with van der Waals surface area (Å²) in [4.78, 5) is 4.13. The summed E-state index contributed by atoms with van der Waals surface area (Å²) >= 11 is 0. The van der Waals surface area contributed by atoms with E-state index in [9.17, 15) is 0 Å². The zero-order valence-corrected chi connectivity index (χ0v) is 8.53. The fourth-order valence-corrected chi connectivity index (χ4v) is 1.65. The van der Waals surface area contributed by atoms with E-state index in [0.717, 1.165) is 12.5 Å². The SMILES string of the molecule is N#Cc1ccnc(NCC2CCC2)c1N. The predicted molar refractivity (Wildman–Crippen MR) is 59.2 cm³/mol. The third-order valence-corrected chi connectivity index (χ3v) is 2.89. The number of rotatable bonds is 3. The first-order valence-corrected chi connectivity index (χ1v) is 5.19. The molecule has 1 heterocycles. The number of nitrogens with one attached hydrogen (secondary N) is 1. The summed E-state index contributed by atoms with van der Waals surface area (Å²) in [5.74, 6) is 1.39. The van der Waals surface area contributed by atoms with Crippen LogP contribution in [0.4, 0.5) is 11.5 Å². The zero-order valence-electron chi connectivity index (χ0n) is 8.53. The molecule has 0 aromatic carbocycles. The fraction of sp³-hybridized carbons (Fsp3) is 0.455. The molecule has 1 saturated carbocycles. The van der Waals surface area contributed by atoms with Gasteiger partial charge in [-0.3, -0.25) is 0 Å². The van der Waals surface area contributed by atoms with E-state index < -0.39 is 0 Å². The summed E-state index contributed by atoms with van der Waals surface area (Å²) < 4.78 is 0. The highest BCUT2D eigenvalue weighted by Gasteiger charge is 2.17. The number of anilines is 2. The smallest absolute Gasteiger partial charge is 0.150 e. The molecule has 0 amide bonds. The maximum absolute atomic E-state index is 8.79. The van der Waals surface area contributed by atoms with Crippen molar-refractivity contribution in [3.8, 4) is 6.07 Å². The van der Waals surface area contributed by atoms with Crippen molar-refractivity contribution in [2.45, 2.75) is 19.3 Å². The lowest BCUT2D eigenvalue weighted by Gasteiger charge is -2.25. The van der Waals surface area contributed by atoms with Crippen molar-refractivity contribution >= 4 is 11.5 Å². The Balaban J connectivity index is 2.04. The number of hydrogen-bond acceptors (Lipinski definition) is 4. The monoisotopic (exact) mass is 202 g/mol. The molecule has 2 rings (SSSR count). The van der Waals surface area contributed by atoms with E-state index in [4.69, 9.17) is 11.0 Å². The number of hydrogen-bond donors (Lipinski definition) is 2. The fourth-order valence-electron chi connectivity index (χ4n) is 1.65. The van der Waals surface area contributed by atoms with Crippen molar-refractivity contribution in [1.29, 1.82) is 5.26 Å². The summed E-state index contributed by atoms with van der Waals surface area (Å²) in [5.41, 5.74) is 6.74. The maximum Gasteiger partial charge on any atom is 0.150 e. The van der Waals surface area contributed by atoms with Gasteiger partial charge in [-0.1, -0.05) is 6.42 Å². The van der Waals surface area contributed by atoms with E-state index in [1.807, 2.05) is 6.07 Å². The highest BCUT2D eigenvalue weighted by Crippen LogP contribution is 2.27. The Bertz CT molecular complexity index is 390. The minimum absolute atomic E-state index is 0.458. The molecule has 0 aliphatic heterocycles. The lowest BCUT2D eigenvalue weighted by molar-refractivity contribution is 0.333. The number of nitriles is 1. The highest BCUT2D eigenvalue weighted by atomic mass is 15.0. The van der Waals surface area contributed by atoms with E-state index in [1.165, 1.54) is 19.3 Å². The predicted octanol–water partition coefficient (Wildman–Crippen LogP) is 1.75. The number of nitrogen functional groups attached to an aromatic ring is 1. The molecule has 1 aliphatic rings. The van der Waals surface area contributed by atoms with Crippen molar-refractivity contribution in [3.05, 3.63) is 17.8 Å². The average Bonchev–Trinajstić information content (AvgIpc) is 2.18. The molecule has 0 spiro atoms. The maximum atomic E-state index is 8.79. The van der Waals surface area contributed by atoms with Crippen molar-refractivity contribution < 1.29 is 0 Å². The molecule has 1 fully saturated rings. The van der Waals surface area contributed by atoms with Gasteiger partial charge in [0.1, 0.15) is 6.07 Å². The second-order valence-corrected chi connectivity index (χ2v) is 3.91. The Labute approximate surface area is 89.1 Å². The van der Waals surface area contributed by atoms with Gasteiger partial charge in [0.15, 0.2) is 5.82 Å². The van der Waals surface area contributed by atoms with Crippen LogP contribution in [0.2, 0.25) is 0 Å². The van der Waals surface area contributed by atoms with Crippen LogP contribution in [0.3, 0.4) is 0 Å². The van der Waals surface area contributed by atoms with E-state index in [-0.39, 0.29) is 0 Å². The van der Waals surface area contributed by atoms with Crippen LogP contribution in [0.5, 0.6) is 0 Å². The second kappa shape index (κ2) is 4.18. The number of aromatic nitrogens is 1. The molecule has 0 atom stereocenters. The van der Waals surface area contributed by atoms with Gasteiger partial charge < -0.3 is 11.1 Å². The van der Waals surface area contributed by atoms with Crippen LogP contribution in [0.15, 0.2) is 12.3 Å². The summed E-state index contributed by atoms with van der Waals surface area (Å²) in [5, 5.41) is 12.0. The van der Waals surface area contributed by atoms with Gasteiger partial charge in [0.25, 0.3) is 0 Å². The highest BCUT2D eigenvalue weighted by molar-refractivity contribution is 5.68. The lowest BCUT2D eigenvalue weighted by Crippen LogP contribution is -2.21. The van der Waals surface area contributed by atoms with Gasteiger partial charge in [0.2, 0.25) is 0 Å². The van der Waals surface area contributed by atoms with Gasteiger partial charge >= 0.3 is 0 Å². The van der Waals surface area contributed by atoms with Gasteiger partial charge in [-0.25, -0.2) is 4.98 Å². The van der Waals surface area contributed by atoms with Crippen LogP contribution in [0.1, 0.15) is 24.8 Å². The molecule has 4 nitrogen and oxygen atoms in total. The third kappa shape index (κ3) is 2.01. The molecule has 4 heteroatoms. The summed E-state index contributed by atoms with van der Waals surface area (Å²) in [6, 6.07) is 3.68. The third-order valence-electron chi connectivity index (χ3n) is 2.89. The van der Waals surface area contributed by atoms with Gasteiger partial charge in [-0.15, -0.1) is 0 Å². The van der Waals surface area contributed by atoms with E-state index in [2.05, 4.69) is 10.3 Å². The number of nitrogens with zero attached hydrogens (tertiary/aromatic N) is 2. The van der Waals surface area contributed by atoms with Crippen LogP contribution in [-0.4, -0.2) is 11.5 Å². The summed E-state index contributed by atoms with van der Waals surface area (Å²) in [6.07, 6.45) is 5.50. The Morgan fingerprint density at radius 2 is 2.40 bits per heavy atom. The van der Waals surface area contributed by atoms with Crippen molar-refractivity contribution in [2.24, 2.45) is 5.92 Å². The molecule has 0 bridgehead atoms. The first-order chi connectivity index (χ1) is 7.31. The molecule has 3 N–H and O–H groups in total. The van der Waals surface area contributed by atoms with Gasteiger partial charge in [-0.2, -0.15) is 5.26 Å². The molecule has 1 aromatic heterocycles. The molecule has 0 saturated heterocycles. The Morgan fingerprint density at radius 3 is 3.00 bits per heavy atom.